The zero-order chi connectivity index (χ0) is 22.5. The van der Waals surface area contributed by atoms with Crippen molar-refractivity contribution in [3.8, 4) is 5.75 Å². The second-order valence-corrected chi connectivity index (χ2v) is 7.72. The fourth-order valence-corrected chi connectivity index (χ4v) is 3.03. The molecule has 0 fully saturated rings. The Kier molecular flexibility index (Phi) is 10.4. The molecule has 2 amide bonds. The molecule has 8 nitrogen and oxygen atoms in total. The summed E-state index contributed by atoms with van der Waals surface area (Å²) in [4.78, 5) is 32.6. The lowest BCUT2D eigenvalue weighted by molar-refractivity contribution is 0.252. The zero-order valence-electron chi connectivity index (χ0n) is 18.9. The number of amides is 2. The highest BCUT2D eigenvalue weighted by molar-refractivity contribution is 5.87. The minimum absolute atomic E-state index is 0.185. The summed E-state index contributed by atoms with van der Waals surface area (Å²) >= 11 is 0. The number of urea groups is 1. The van der Waals surface area contributed by atoms with Crippen LogP contribution in [0.15, 0.2) is 35.1 Å². The molecule has 0 saturated heterocycles. The number of nitrogens with one attached hydrogen (secondary N) is 3. The zero-order valence-corrected chi connectivity index (χ0v) is 18.9. The molecule has 0 atom stereocenters. The van der Waals surface area contributed by atoms with Crippen LogP contribution in [0, 0.1) is 0 Å². The first-order valence-corrected chi connectivity index (χ1v) is 11.0. The van der Waals surface area contributed by atoms with E-state index < -0.39 is 0 Å². The first kappa shape index (κ1) is 24.2. The van der Waals surface area contributed by atoms with Crippen molar-refractivity contribution in [2.24, 2.45) is 0 Å². The summed E-state index contributed by atoms with van der Waals surface area (Å²) in [7, 11) is 4.02. The molecule has 170 valence electrons. The summed E-state index contributed by atoms with van der Waals surface area (Å²) in [6.07, 6.45) is 6.57. The van der Waals surface area contributed by atoms with E-state index in [0.717, 1.165) is 50.0 Å². The van der Waals surface area contributed by atoms with Crippen LogP contribution in [0.5, 0.6) is 5.75 Å². The average molecular weight is 430 g/mol. The fourth-order valence-electron chi connectivity index (χ4n) is 3.03. The molecule has 0 aliphatic carbocycles. The molecular formula is C23H35N5O3. The van der Waals surface area contributed by atoms with Crippen molar-refractivity contribution in [2.75, 3.05) is 37.5 Å². The van der Waals surface area contributed by atoms with E-state index in [2.05, 4.69) is 38.5 Å². The smallest absolute Gasteiger partial charge is 0.321 e. The summed E-state index contributed by atoms with van der Waals surface area (Å²) in [5, 5.41) is 5.33. The maximum absolute atomic E-state index is 11.8. The van der Waals surface area contributed by atoms with E-state index in [1.54, 1.807) is 0 Å². The quantitative estimate of drug-likeness (QED) is 0.419. The van der Waals surface area contributed by atoms with Gasteiger partial charge in [0.2, 0.25) is 5.95 Å². The Morgan fingerprint density at radius 2 is 1.94 bits per heavy atom. The number of hydrogen-bond acceptors (Lipinski definition) is 5. The Balaban J connectivity index is 1.66. The van der Waals surface area contributed by atoms with Crippen molar-refractivity contribution in [3.05, 3.63) is 46.4 Å². The number of carbonyl (C=O) groups excluding carboxylic acids is 1. The Labute approximate surface area is 184 Å². The number of H-pyrrole nitrogens is 1. The standard InChI is InChI=1S/C23H35N5O3/c1-4-5-14-24-23(30)27-22-25-18(16-21(29)26-22)11-8-6-7-9-15-31-20-13-10-12-19(17-20)28(2)3/h10,12-13,16-17H,4-9,11,14-15H2,1-3H3,(H3,24,25,26,27,29,30). The lowest BCUT2D eigenvalue weighted by Gasteiger charge is -2.14. The number of ether oxygens (including phenoxy) is 1. The third-order valence-electron chi connectivity index (χ3n) is 4.77. The predicted molar refractivity (Wildman–Crippen MR) is 125 cm³/mol. The lowest BCUT2D eigenvalue weighted by Crippen LogP contribution is -2.31. The van der Waals surface area contributed by atoms with Gasteiger partial charge in [-0.3, -0.25) is 15.1 Å². The average Bonchev–Trinajstić information content (AvgIpc) is 2.73. The van der Waals surface area contributed by atoms with E-state index in [1.165, 1.54) is 6.07 Å². The van der Waals surface area contributed by atoms with Crippen molar-refractivity contribution in [1.29, 1.82) is 0 Å². The molecular weight excluding hydrogens is 394 g/mol. The lowest BCUT2D eigenvalue weighted by atomic mass is 10.1. The minimum atomic E-state index is -0.357. The Morgan fingerprint density at radius 1 is 1.13 bits per heavy atom. The van der Waals surface area contributed by atoms with Crippen LogP contribution in [-0.4, -0.2) is 43.2 Å². The van der Waals surface area contributed by atoms with Gasteiger partial charge in [-0.15, -0.1) is 0 Å². The normalized spacial score (nSPS) is 10.5. The van der Waals surface area contributed by atoms with Gasteiger partial charge in [-0.05, 0) is 37.8 Å². The summed E-state index contributed by atoms with van der Waals surface area (Å²) in [5.74, 6) is 1.07. The van der Waals surface area contributed by atoms with E-state index in [4.69, 9.17) is 4.74 Å². The van der Waals surface area contributed by atoms with Gasteiger partial charge < -0.3 is 15.0 Å². The predicted octanol–water partition coefficient (Wildman–Crippen LogP) is 3.94. The van der Waals surface area contributed by atoms with Crippen LogP contribution in [0.4, 0.5) is 16.4 Å². The molecule has 0 aliphatic rings. The maximum atomic E-state index is 11.8. The van der Waals surface area contributed by atoms with E-state index >= 15 is 0 Å². The molecule has 2 aromatic rings. The van der Waals surface area contributed by atoms with Crippen LogP contribution in [0.1, 0.15) is 51.1 Å². The fraction of sp³-hybridized carbons (Fsp3) is 0.522. The van der Waals surface area contributed by atoms with Gasteiger partial charge in [-0.25, -0.2) is 9.78 Å². The Bertz CT molecular complexity index is 866. The van der Waals surface area contributed by atoms with Crippen molar-refractivity contribution in [2.45, 2.75) is 51.9 Å². The van der Waals surface area contributed by atoms with Crippen molar-refractivity contribution in [1.82, 2.24) is 15.3 Å². The second-order valence-electron chi connectivity index (χ2n) is 7.72. The molecule has 1 aromatic heterocycles. The van der Waals surface area contributed by atoms with E-state index in [0.29, 0.717) is 25.3 Å². The van der Waals surface area contributed by atoms with Gasteiger partial charge in [0, 0.05) is 44.2 Å². The molecule has 3 N–H and O–H groups in total. The first-order valence-electron chi connectivity index (χ1n) is 11.0. The highest BCUT2D eigenvalue weighted by Crippen LogP contribution is 2.19. The van der Waals surface area contributed by atoms with Crippen LogP contribution >= 0.6 is 0 Å². The Morgan fingerprint density at radius 3 is 2.71 bits per heavy atom. The van der Waals surface area contributed by atoms with Gasteiger partial charge in [0.1, 0.15) is 5.75 Å². The van der Waals surface area contributed by atoms with Crippen LogP contribution in [0.25, 0.3) is 0 Å². The highest BCUT2D eigenvalue weighted by atomic mass is 16.5. The van der Waals surface area contributed by atoms with Gasteiger partial charge >= 0.3 is 6.03 Å². The number of aromatic nitrogens is 2. The summed E-state index contributed by atoms with van der Waals surface area (Å²) < 4.78 is 5.83. The van der Waals surface area contributed by atoms with Crippen molar-refractivity contribution < 1.29 is 9.53 Å². The molecule has 1 heterocycles. The van der Waals surface area contributed by atoms with Crippen molar-refractivity contribution >= 4 is 17.7 Å². The van der Waals surface area contributed by atoms with Gasteiger partial charge in [-0.1, -0.05) is 32.3 Å². The minimum Gasteiger partial charge on any atom is -0.494 e. The topological polar surface area (TPSA) is 99.3 Å². The van der Waals surface area contributed by atoms with E-state index in [1.807, 2.05) is 32.3 Å². The molecule has 0 aliphatic heterocycles. The number of unbranched alkanes of at least 4 members (excludes halogenated alkanes) is 4. The number of aromatic amines is 1. The van der Waals surface area contributed by atoms with Gasteiger partial charge in [0.15, 0.2) is 0 Å². The summed E-state index contributed by atoms with van der Waals surface area (Å²) in [6, 6.07) is 9.19. The third-order valence-corrected chi connectivity index (χ3v) is 4.77. The van der Waals surface area contributed by atoms with E-state index in [-0.39, 0.29) is 17.5 Å². The number of anilines is 2. The number of benzene rings is 1. The molecule has 8 heteroatoms. The molecule has 0 saturated carbocycles. The number of aryl methyl sites for hydroxylation is 1. The van der Waals surface area contributed by atoms with Gasteiger partial charge in [0.25, 0.3) is 5.56 Å². The molecule has 0 bridgehead atoms. The van der Waals surface area contributed by atoms with Crippen LogP contribution in [0.2, 0.25) is 0 Å². The summed E-state index contributed by atoms with van der Waals surface area (Å²) in [6.45, 7) is 3.33. The molecule has 0 radical (unpaired) electrons. The monoisotopic (exact) mass is 429 g/mol. The molecule has 1 aromatic carbocycles. The van der Waals surface area contributed by atoms with Gasteiger partial charge in [0.05, 0.1) is 6.61 Å². The molecule has 31 heavy (non-hydrogen) atoms. The third kappa shape index (κ3) is 9.55. The van der Waals surface area contributed by atoms with Crippen LogP contribution < -0.4 is 25.8 Å². The molecule has 0 unspecified atom stereocenters. The summed E-state index contributed by atoms with van der Waals surface area (Å²) in [5.41, 5.74) is 1.54. The number of hydrogen-bond donors (Lipinski definition) is 3. The number of rotatable bonds is 13. The first-order chi connectivity index (χ1) is 15.0. The highest BCUT2D eigenvalue weighted by Gasteiger charge is 2.06. The van der Waals surface area contributed by atoms with Crippen molar-refractivity contribution in [3.63, 3.8) is 0 Å². The van der Waals surface area contributed by atoms with Crippen LogP contribution in [0.3, 0.4) is 0 Å². The van der Waals surface area contributed by atoms with Gasteiger partial charge in [-0.2, -0.15) is 0 Å². The largest absolute Gasteiger partial charge is 0.494 e. The molecule has 2 rings (SSSR count). The number of nitrogens with zero attached hydrogens (tertiary/aromatic N) is 2. The number of carbonyl (C=O) groups is 1. The second kappa shape index (κ2) is 13.3. The molecule has 0 spiro atoms. The Hall–Kier alpha value is -3.03. The van der Waals surface area contributed by atoms with E-state index in [9.17, 15) is 9.59 Å². The SMILES string of the molecule is CCCCNC(=O)Nc1nc(CCCCCCOc2cccc(N(C)C)c2)cc(=O)[nH]1. The van der Waals surface area contributed by atoms with Crippen LogP contribution in [-0.2, 0) is 6.42 Å². The maximum Gasteiger partial charge on any atom is 0.321 e.